The standard InChI is InChI=1S/C10H18N.Rh/c1-2-4-10(5-3-1)6-8-11-9-7-10;/h1,11H,2-9H2;/q-1;. The van der Waals surface area contributed by atoms with Crippen LogP contribution < -0.4 is 5.32 Å². The van der Waals surface area contributed by atoms with E-state index in [0.717, 1.165) is 5.41 Å². The Morgan fingerprint density at radius 2 is 1.50 bits per heavy atom. The summed E-state index contributed by atoms with van der Waals surface area (Å²) in [6.45, 7) is 2.53. The molecule has 0 unspecified atom stereocenters. The van der Waals surface area contributed by atoms with E-state index in [1.165, 1.54) is 51.6 Å². The van der Waals surface area contributed by atoms with E-state index in [9.17, 15) is 0 Å². The van der Waals surface area contributed by atoms with Crippen LogP contribution in [0.3, 0.4) is 0 Å². The van der Waals surface area contributed by atoms with Gasteiger partial charge in [0.15, 0.2) is 0 Å². The van der Waals surface area contributed by atoms with Crippen LogP contribution in [0.2, 0.25) is 0 Å². The summed E-state index contributed by atoms with van der Waals surface area (Å²) in [6, 6.07) is 0. The monoisotopic (exact) mass is 255 g/mol. The van der Waals surface area contributed by atoms with E-state index in [1.807, 2.05) is 0 Å². The molecule has 2 fully saturated rings. The van der Waals surface area contributed by atoms with E-state index in [1.54, 1.807) is 0 Å². The molecule has 2 aliphatic rings. The molecule has 0 atom stereocenters. The van der Waals surface area contributed by atoms with Crippen LogP contribution in [0.5, 0.6) is 0 Å². The number of piperidine rings is 1. The van der Waals surface area contributed by atoms with Crippen LogP contribution >= 0.6 is 0 Å². The van der Waals surface area contributed by atoms with E-state index >= 15 is 0 Å². The van der Waals surface area contributed by atoms with Gasteiger partial charge in [0.05, 0.1) is 0 Å². The van der Waals surface area contributed by atoms with Crippen molar-refractivity contribution in [3.8, 4) is 0 Å². The average Bonchev–Trinajstić information content (AvgIpc) is 2.07. The molecule has 1 N–H and O–H groups in total. The minimum absolute atomic E-state index is 0. The van der Waals surface area contributed by atoms with Gasteiger partial charge in [0.1, 0.15) is 0 Å². The van der Waals surface area contributed by atoms with Gasteiger partial charge in [0, 0.05) is 19.5 Å². The molecule has 1 nitrogen and oxygen atoms in total. The summed E-state index contributed by atoms with van der Waals surface area (Å²) >= 11 is 0. The van der Waals surface area contributed by atoms with Crippen molar-refractivity contribution in [1.82, 2.24) is 5.32 Å². The van der Waals surface area contributed by atoms with E-state index in [0.29, 0.717) is 0 Å². The molecule has 73 valence electrons. The number of hydrogen-bond acceptors (Lipinski definition) is 1. The van der Waals surface area contributed by atoms with Gasteiger partial charge in [0.2, 0.25) is 0 Å². The molecular weight excluding hydrogens is 237 g/mol. The average molecular weight is 255 g/mol. The summed E-state index contributed by atoms with van der Waals surface area (Å²) in [4.78, 5) is 0. The van der Waals surface area contributed by atoms with E-state index in [2.05, 4.69) is 11.7 Å². The van der Waals surface area contributed by atoms with Gasteiger partial charge in [-0.2, -0.15) is 12.8 Å². The van der Waals surface area contributed by atoms with Crippen LogP contribution in [0.15, 0.2) is 0 Å². The third kappa shape index (κ3) is 2.29. The van der Waals surface area contributed by atoms with Crippen LogP contribution in [0.25, 0.3) is 0 Å². The first-order chi connectivity index (χ1) is 5.41. The van der Waals surface area contributed by atoms with Gasteiger partial charge in [-0.25, -0.2) is 0 Å². The van der Waals surface area contributed by atoms with Crippen LogP contribution in [0, 0.1) is 11.8 Å². The van der Waals surface area contributed by atoms with Gasteiger partial charge in [-0.3, -0.25) is 0 Å². The third-order valence-electron chi connectivity index (χ3n) is 3.42. The predicted octanol–water partition coefficient (Wildman–Crippen LogP) is 2.13. The topological polar surface area (TPSA) is 12.0 Å². The van der Waals surface area contributed by atoms with Gasteiger partial charge in [-0.1, -0.05) is 12.8 Å². The smallest absolute Gasteiger partial charge is 0 e. The first-order valence-corrected chi connectivity index (χ1v) is 4.94. The first kappa shape index (κ1) is 10.7. The molecule has 2 heteroatoms. The van der Waals surface area contributed by atoms with Gasteiger partial charge >= 0.3 is 0 Å². The molecule has 0 aromatic carbocycles. The molecule has 1 saturated carbocycles. The van der Waals surface area contributed by atoms with Crippen molar-refractivity contribution >= 4 is 0 Å². The Bertz CT molecular complexity index is 104. The predicted molar refractivity (Wildman–Crippen MR) is 47.3 cm³/mol. The van der Waals surface area contributed by atoms with Crippen molar-refractivity contribution in [2.45, 2.75) is 38.5 Å². The first-order valence-electron chi connectivity index (χ1n) is 4.94. The van der Waals surface area contributed by atoms with Crippen molar-refractivity contribution in [3.63, 3.8) is 0 Å². The summed E-state index contributed by atoms with van der Waals surface area (Å²) < 4.78 is 0. The summed E-state index contributed by atoms with van der Waals surface area (Å²) in [7, 11) is 0. The maximum Gasteiger partial charge on any atom is 0 e. The molecule has 0 amide bonds. The maximum absolute atomic E-state index is 3.45. The van der Waals surface area contributed by atoms with Crippen LogP contribution in [-0.4, -0.2) is 13.1 Å². The summed E-state index contributed by atoms with van der Waals surface area (Å²) in [5.41, 5.74) is 0.764. The second kappa shape index (κ2) is 4.72. The van der Waals surface area contributed by atoms with Crippen molar-refractivity contribution in [3.05, 3.63) is 6.42 Å². The zero-order valence-corrected chi connectivity index (χ0v) is 9.21. The summed E-state index contributed by atoms with van der Waals surface area (Å²) in [5, 5.41) is 3.45. The van der Waals surface area contributed by atoms with Crippen LogP contribution in [0.1, 0.15) is 38.5 Å². The van der Waals surface area contributed by atoms with Crippen molar-refractivity contribution in [2.75, 3.05) is 13.1 Å². The van der Waals surface area contributed by atoms with Gasteiger partial charge in [0.25, 0.3) is 0 Å². The molecule has 1 heterocycles. The van der Waals surface area contributed by atoms with Crippen molar-refractivity contribution in [2.24, 2.45) is 5.41 Å². The Morgan fingerprint density at radius 1 is 0.917 bits per heavy atom. The molecule has 12 heavy (non-hydrogen) atoms. The Hall–Kier alpha value is 0.583. The van der Waals surface area contributed by atoms with Crippen LogP contribution in [-0.2, 0) is 19.5 Å². The van der Waals surface area contributed by atoms with Gasteiger partial charge in [-0.15, -0.1) is 0 Å². The maximum atomic E-state index is 3.45. The molecule has 1 radical (unpaired) electrons. The molecular formula is C10H18NRh-. The van der Waals surface area contributed by atoms with Crippen LogP contribution in [0.4, 0.5) is 0 Å². The molecule has 1 aliphatic heterocycles. The van der Waals surface area contributed by atoms with Gasteiger partial charge < -0.3 is 11.7 Å². The quantitative estimate of drug-likeness (QED) is 0.516. The normalized spacial score (nSPS) is 28.0. The largest absolute Gasteiger partial charge is 0.328 e. The Labute approximate surface area is 88.4 Å². The molecule has 0 bridgehead atoms. The molecule has 0 aromatic rings. The molecule has 1 spiro atoms. The minimum Gasteiger partial charge on any atom is -0.328 e. The molecule has 1 aliphatic carbocycles. The van der Waals surface area contributed by atoms with Gasteiger partial charge in [-0.05, 0) is 31.3 Å². The Balaban J connectivity index is 0.000000720. The SMILES string of the molecule is [CH-]1CCC2(CC1)CCNCC2.[Rh]. The van der Waals surface area contributed by atoms with E-state index in [-0.39, 0.29) is 19.5 Å². The van der Waals surface area contributed by atoms with E-state index in [4.69, 9.17) is 0 Å². The fourth-order valence-electron chi connectivity index (χ4n) is 2.54. The number of nitrogens with one attached hydrogen (secondary N) is 1. The fourth-order valence-corrected chi connectivity index (χ4v) is 2.54. The Morgan fingerprint density at radius 3 is 2.08 bits per heavy atom. The number of rotatable bonds is 0. The van der Waals surface area contributed by atoms with Crippen molar-refractivity contribution < 1.29 is 19.5 Å². The van der Waals surface area contributed by atoms with E-state index < -0.39 is 0 Å². The Kier molecular flexibility index (Phi) is 4.19. The molecule has 1 saturated heterocycles. The zero-order valence-electron chi connectivity index (χ0n) is 7.57. The third-order valence-corrected chi connectivity index (χ3v) is 3.42. The number of hydrogen-bond donors (Lipinski definition) is 1. The fraction of sp³-hybridized carbons (Fsp3) is 0.900. The summed E-state index contributed by atoms with van der Waals surface area (Å²) in [5.74, 6) is 0. The molecule has 2 rings (SSSR count). The zero-order chi connectivity index (χ0) is 7.57. The van der Waals surface area contributed by atoms with Crippen molar-refractivity contribution in [1.29, 1.82) is 0 Å². The second-order valence-electron chi connectivity index (χ2n) is 4.12. The summed E-state index contributed by atoms with van der Waals surface area (Å²) in [6.07, 6.45) is 11.0. The minimum atomic E-state index is 0. The second-order valence-corrected chi connectivity index (χ2v) is 4.12. The molecule has 0 aromatic heterocycles.